The van der Waals surface area contributed by atoms with E-state index in [1.807, 2.05) is 37.3 Å². The Hall–Kier alpha value is -3.45. The van der Waals surface area contributed by atoms with Crippen LogP contribution in [-0.2, 0) is 22.6 Å². The molecule has 0 bridgehead atoms. The molecule has 1 unspecified atom stereocenters. The van der Waals surface area contributed by atoms with E-state index in [1.54, 1.807) is 24.2 Å². The minimum Gasteiger partial charge on any atom is -0.459 e. The highest BCUT2D eigenvalue weighted by Crippen LogP contribution is 2.26. The van der Waals surface area contributed by atoms with Crippen LogP contribution in [0.5, 0.6) is 0 Å². The van der Waals surface area contributed by atoms with Crippen molar-refractivity contribution in [3.8, 4) is 0 Å². The summed E-state index contributed by atoms with van der Waals surface area (Å²) in [6, 6.07) is 9.13. The number of anilines is 1. The lowest BCUT2D eigenvalue weighted by atomic mass is 10.0. The van der Waals surface area contributed by atoms with Crippen molar-refractivity contribution in [2.75, 3.05) is 12.4 Å². The van der Waals surface area contributed by atoms with Crippen LogP contribution in [0.1, 0.15) is 22.5 Å². The van der Waals surface area contributed by atoms with Gasteiger partial charge >= 0.3 is 0 Å². The molecule has 7 nitrogen and oxygen atoms in total. The SMILES string of the molecule is Cc1c(CN(C)C(=O)/C=C/c2cnc3c(c2)CC(N)C(=O)N3)oc2ccccc12. The van der Waals surface area contributed by atoms with E-state index in [1.165, 1.54) is 6.08 Å². The fourth-order valence-electron chi connectivity index (χ4n) is 3.39. The largest absolute Gasteiger partial charge is 0.459 e. The molecule has 0 spiro atoms. The molecule has 0 aliphatic carbocycles. The highest BCUT2D eigenvalue weighted by atomic mass is 16.3. The Morgan fingerprint density at radius 2 is 2.21 bits per heavy atom. The number of nitrogens with zero attached hydrogens (tertiary/aromatic N) is 2. The second-order valence-electron chi connectivity index (χ2n) is 7.25. The van der Waals surface area contributed by atoms with Crippen LogP contribution in [0.25, 0.3) is 17.0 Å². The van der Waals surface area contributed by atoms with Gasteiger partial charge in [0.2, 0.25) is 11.8 Å². The predicted octanol–water partition coefficient (Wildman–Crippen LogP) is 2.63. The molecule has 3 heterocycles. The minimum absolute atomic E-state index is 0.146. The molecule has 3 aromatic rings. The van der Waals surface area contributed by atoms with Crippen molar-refractivity contribution in [2.45, 2.75) is 25.9 Å². The number of hydrogen-bond acceptors (Lipinski definition) is 5. The standard InChI is InChI=1S/C22H22N4O3/c1-13-16-5-3-4-6-18(16)29-19(13)12-26(2)20(27)8-7-14-9-15-10-17(23)22(28)25-21(15)24-11-14/h3-9,11,17H,10,12,23H2,1-2H3,(H,24,25,28)/b8-7+. The quantitative estimate of drug-likeness (QED) is 0.667. The Kier molecular flexibility index (Phi) is 4.90. The third-order valence-corrected chi connectivity index (χ3v) is 5.12. The smallest absolute Gasteiger partial charge is 0.246 e. The molecule has 1 aliphatic rings. The molecule has 3 N–H and O–H groups in total. The fourth-order valence-corrected chi connectivity index (χ4v) is 3.39. The lowest BCUT2D eigenvalue weighted by molar-refractivity contribution is -0.125. The maximum atomic E-state index is 12.5. The summed E-state index contributed by atoms with van der Waals surface area (Å²) in [4.78, 5) is 30.0. The van der Waals surface area contributed by atoms with Crippen LogP contribution < -0.4 is 11.1 Å². The highest BCUT2D eigenvalue weighted by Gasteiger charge is 2.23. The van der Waals surface area contributed by atoms with Gasteiger partial charge < -0.3 is 20.4 Å². The zero-order valence-corrected chi connectivity index (χ0v) is 16.3. The van der Waals surface area contributed by atoms with Crippen LogP contribution in [0.4, 0.5) is 5.82 Å². The first-order valence-electron chi connectivity index (χ1n) is 9.38. The van der Waals surface area contributed by atoms with Crippen molar-refractivity contribution < 1.29 is 14.0 Å². The van der Waals surface area contributed by atoms with Gasteiger partial charge in [-0.3, -0.25) is 9.59 Å². The molecule has 29 heavy (non-hydrogen) atoms. The minimum atomic E-state index is -0.580. The number of carbonyl (C=O) groups excluding carboxylic acids is 2. The van der Waals surface area contributed by atoms with Crippen LogP contribution in [0, 0.1) is 6.92 Å². The molecule has 1 atom stereocenters. The first-order chi connectivity index (χ1) is 13.9. The maximum absolute atomic E-state index is 12.5. The third-order valence-electron chi connectivity index (χ3n) is 5.12. The Morgan fingerprint density at radius 1 is 1.41 bits per heavy atom. The van der Waals surface area contributed by atoms with Crippen molar-refractivity contribution in [1.29, 1.82) is 0 Å². The van der Waals surface area contributed by atoms with E-state index in [-0.39, 0.29) is 11.8 Å². The predicted molar refractivity (Wildman–Crippen MR) is 111 cm³/mol. The Bertz CT molecular complexity index is 1130. The van der Waals surface area contributed by atoms with Crippen molar-refractivity contribution in [3.05, 3.63) is 65.1 Å². The number of para-hydroxylation sites is 1. The Balaban J connectivity index is 1.46. The molecule has 0 fully saturated rings. The van der Waals surface area contributed by atoms with Gasteiger partial charge in [-0.1, -0.05) is 18.2 Å². The lowest BCUT2D eigenvalue weighted by Gasteiger charge is -2.20. The molecule has 7 heteroatoms. The molecule has 1 aromatic carbocycles. The van der Waals surface area contributed by atoms with Gasteiger partial charge in [0.15, 0.2) is 0 Å². The average molecular weight is 390 g/mol. The monoisotopic (exact) mass is 390 g/mol. The molecular formula is C22H22N4O3. The summed E-state index contributed by atoms with van der Waals surface area (Å²) in [6.07, 6.45) is 5.25. The van der Waals surface area contributed by atoms with E-state index in [0.717, 1.165) is 33.4 Å². The molecule has 0 saturated carbocycles. The summed E-state index contributed by atoms with van der Waals surface area (Å²) in [6.45, 7) is 2.38. The Morgan fingerprint density at radius 3 is 3.00 bits per heavy atom. The number of benzene rings is 1. The number of nitrogens with two attached hydrogens (primary N) is 1. The summed E-state index contributed by atoms with van der Waals surface area (Å²) in [5.41, 5.74) is 9.29. The van der Waals surface area contributed by atoms with Gasteiger partial charge in [-0.2, -0.15) is 0 Å². The number of carbonyl (C=O) groups is 2. The molecule has 0 radical (unpaired) electrons. The second kappa shape index (κ2) is 7.52. The summed E-state index contributed by atoms with van der Waals surface area (Å²) < 4.78 is 5.89. The van der Waals surface area contributed by atoms with E-state index in [2.05, 4.69) is 10.3 Å². The summed E-state index contributed by atoms with van der Waals surface area (Å²) in [5, 5.41) is 3.74. The molecule has 0 saturated heterocycles. The number of hydrogen-bond donors (Lipinski definition) is 2. The van der Waals surface area contributed by atoms with Gasteiger partial charge in [0.25, 0.3) is 0 Å². The first kappa shape index (κ1) is 18.9. The van der Waals surface area contributed by atoms with E-state index in [4.69, 9.17) is 10.2 Å². The number of aryl methyl sites for hydroxylation is 1. The summed E-state index contributed by atoms with van der Waals surface area (Å²) in [7, 11) is 1.74. The molecule has 4 rings (SSSR count). The van der Waals surface area contributed by atoms with Crippen molar-refractivity contribution >= 4 is 34.7 Å². The molecule has 2 aromatic heterocycles. The van der Waals surface area contributed by atoms with Crippen molar-refractivity contribution in [1.82, 2.24) is 9.88 Å². The Labute approximate surface area is 168 Å². The first-order valence-corrected chi connectivity index (χ1v) is 9.38. The molecule has 2 amide bonds. The molecule has 148 valence electrons. The molecule has 1 aliphatic heterocycles. The average Bonchev–Trinajstić information content (AvgIpc) is 3.02. The number of pyridine rings is 1. The van der Waals surface area contributed by atoms with Crippen LogP contribution >= 0.6 is 0 Å². The van der Waals surface area contributed by atoms with Gasteiger partial charge in [-0.25, -0.2) is 4.98 Å². The van der Waals surface area contributed by atoms with Crippen LogP contribution in [0.2, 0.25) is 0 Å². The third kappa shape index (κ3) is 3.77. The number of amides is 2. The zero-order chi connectivity index (χ0) is 20.5. The van der Waals surface area contributed by atoms with Crippen LogP contribution in [0.15, 0.2) is 47.0 Å². The number of likely N-dealkylation sites (N-methyl/N-ethyl adjacent to an activating group) is 1. The second-order valence-corrected chi connectivity index (χ2v) is 7.25. The van der Waals surface area contributed by atoms with Crippen LogP contribution in [-0.4, -0.2) is 34.8 Å². The van der Waals surface area contributed by atoms with E-state index in [9.17, 15) is 9.59 Å². The summed E-state index contributed by atoms with van der Waals surface area (Å²) in [5.74, 6) is 0.923. The van der Waals surface area contributed by atoms with Gasteiger partial charge in [0.05, 0.1) is 12.6 Å². The molecular weight excluding hydrogens is 368 g/mol. The normalized spacial score (nSPS) is 16.1. The topological polar surface area (TPSA) is 101 Å². The van der Waals surface area contributed by atoms with Gasteiger partial charge in [-0.05, 0) is 36.3 Å². The number of nitrogens with one attached hydrogen (secondary N) is 1. The summed E-state index contributed by atoms with van der Waals surface area (Å²) >= 11 is 0. The number of rotatable bonds is 4. The van der Waals surface area contributed by atoms with Crippen molar-refractivity contribution in [2.24, 2.45) is 5.73 Å². The highest BCUT2D eigenvalue weighted by molar-refractivity contribution is 5.97. The number of fused-ring (bicyclic) bond motifs is 2. The van der Waals surface area contributed by atoms with Crippen LogP contribution in [0.3, 0.4) is 0 Å². The number of furan rings is 1. The van der Waals surface area contributed by atoms with Crippen molar-refractivity contribution in [3.63, 3.8) is 0 Å². The van der Waals surface area contributed by atoms with Gasteiger partial charge in [0.1, 0.15) is 17.2 Å². The number of aromatic nitrogens is 1. The van der Waals surface area contributed by atoms with E-state index >= 15 is 0 Å². The fraction of sp³-hybridized carbons (Fsp3) is 0.227. The maximum Gasteiger partial charge on any atom is 0.246 e. The van der Waals surface area contributed by atoms with Gasteiger partial charge in [0, 0.05) is 36.7 Å². The lowest BCUT2D eigenvalue weighted by Crippen LogP contribution is -2.41. The van der Waals surface area contributed by atoms with E-state index < -0.39 is 6.04 Å². The van der Waals surface area contributed by atoms with Gasteiger partial charge in [-0.15, -0.1) is 0 Å². The van der Waals surface area contributed by atoms with E-state index in [0.29, 0.717) is 18.8 Å². The zero-order valence-electron chi connectivity index (χ0n) is 16.3.